The van der Waals surface area contributed by atoms with E-state index < -0.39 is 10.7 Å². The van der Waals surface area contributed by atoms with Crippen molar-refractivity contribution < 1.29 is 18.8 Å². The first-order chi connectivity index (χ1) is 12.5. The number of rotatable bonds is 4. The van der Waals surface area contributed by atoms with Crippen LogP contribution in [0.4, 0.5) is 10.1 Å². The summed E-state index contributed by atoms with van der Waals surface area (Å²) >= 11 is 0. The van der Waals surface area contributed by atoms with Crippen molar-refractivity contribution in [1.29, 1.82) is 0 Å². The Bertz CT molecular complexity index is 828. The zero-order valence-corrected chi connectivity index (χ0v) is 14.1. The minimum absolute atomic E-state index is 0.0530. The van der Waals surface area contributed by atoms with E-state index >= 15 is 0 Å². The van der Waals surface area contributed by atoms with E-state index in [9.17, 15) is 19.3 Å². The fraction of sp³-hybridized carbons (Fsp3) is 0.353. The lowest BCUT2D eigenvalue weighted by molar-refractivity contribution is -0.385. The topological polar surface area (TPSA) is 98.5 Å². The Morgan fingerprint density at radius 1 is 1.38 bits per heavy atom. The molecule has 1 unspecified atom stereocenters. The van der Waals surface area contributed by atoms with Crippen molar-refractivity contribution in [3.8, 4) is 6.01 Å². The Labute approximate surface area is 148 Å². The van der Waals surface area contributed by atoms with E-state index in [0.717, 1.165) is 12.4 Å². The van der Waals surface area contributed by atoms with E-state index in [4.69, 9.17) is 4.74 Å². The smallest absolute Gasteiger partial charge is 0.316 e. The molecule has 0 radical (unpaired) electrons. The molecule has 136 valence electrons. The molecule has 1 aromatic heterocycles. The highest BCUT2D eigenvalue weighted by molar-refractivity contribution is 5.96. The van der Waals surface area contributed by atoms with Crippen molar-refractivity contribution in [3.05, 3.63) is 57.7 Å². The average molecular weight is 360 g/mol. The number of aromatic nitrogens is 2. The van der Waals surface area contributed by atoms with Gasteiger partial charge in [0.15, 0.2) is 5.82 Å². The van der Waals surface area contributed by atoms with Crippen molar-refractivity contribution in [2.75, 3.05) is 13.1 Å². The van der Waals surface area contributed by atoms with Gasteiger partial charge < -0.3 is 9.64 Å². The highest BCUT2D eigenvalue weighted by Gasteiger charge is 2.28. The monoisotopic (exact) mass is 360 g/mol. The molecule has 26 heavy (non-hydrogen) atoms. The van der Waals surface area contributed by atoms with Crippen LogP contribution in [0.3, 0.4) is 0 Å². The summed E-state index contributed by atoms with van der Waals surface area (Å²) < 4.78 is 18.5. The van der Waals surface area contributed by atoms with Gasteiger partial charge in [0.05, 0.1) is 23.9 Å². The van der Waals surface area contributed by atoms with Crippen LogP contribution in [0.25, 0.3) is 0 Å². The lowest BCUT2D eigenvalue weighted by Gasteiger charge is -2.32. The van der Waals surface area contributed by atoms with Gasteiger partial charge in [0.1, 0.15) is 6.10 Å². The molecule has 0 aliphatic carbocycles. The van der Waals surface area contributed by atoms with Crippen LogP contribution in [-0.4, -0.2) is 44.9 Å². The molecule has 3 rings (SSSR count). The molecule has 0 N–H and O–H groups in total. The number of carbonyl (C=O) groups excluding carboxylic acids is 1. The highest BCUT2D eigenvalue weighted by Crippen LogP contribution is 2.24. The molecule has 2 aromatic rings. The number of halogens is 1. The minimum atomic E-state index is -0.557. The van der Waals surface area contributed by atoms with Gasteiger partial charge in [-0.25, -0.2) is 14.4 Å². The third-order valence-electron chi connectivity index (χ3n) is 4.27. The van der Waals surface area contributed by atoms with E-state index in [1.54, 1.807) is 17.9 Å². The van der Waals surface area contributed by atoms with Crippen molar-refractivity contribution in [1.82, 2.24) is 14.9 Å². The summed E-state index contributed by atoms with van der Waals surface area (Å²) in [6, 6.07) is 4.51. The summed E-state index contributed by atoms with van der Waals surface area (Å²) in [6.45, 7) is 2.41. The number of likely N-dealkylation sites (tertiary alicyclic amines) is 1. The van der Waals surface area contributed by atoms with Gasteiger partial charge in [-0.15, -0.1) is 0 Å². The van der Waals surface area contributed by atoms with Gasteiger partial charge in [-0.1, -0.05) is 6.07 Å². The van der Waals surface area contributed by atoms with Gasteiger partial charge in [-0.2, -0.15) is 0 Å². The molecule has 2 heterocycles. The summed E-state index contributed by atoms with van der Waals surface area (Å²) in [5.41, 5.74) is 0.561. The number of nitrogens with zero attached hydrogens (tertiary/aromatic N) is 4. The first kappa shape index (κ1) is 17.7. The van der Waals surface area contributed by atoms with E-state index in [0.29, 0.717) is 37.1 Å². The molecule has 1 atom stereocenters. The fourth-order valence-electron chi connectivity index (χ4n) is 2.95. The van der Waals surface area contributed by atoms with Gasteiger partial charge in [0.25, 0.3) is 11.6 Å². The normalized spacial score (nSPS) is 17.0. The van der Waals surface area contributed by atoms with Gasteiger partial charge in [0, 0.05) is 23.7 Å². The zero-order valence-electron chi connectivity index (χ0n) is 14.1. The Balaban J connectivity index is 1.73. The summed E-state index contributed by atoms with van der Waals surface area (Å²) in [6.07, 6.45) is 3.13. The maximum atomic E-state index is 12.9. The number of ether oxygens (including phenoxy) is 1. The molecule has 0 bridgehead atoms. The standard InChI is InChI=1S/C17H17FN4O4/c1-11-14(5-2-6-15(11)22(24)25)16(23)21-7-3-4-13(10-21)26-17-19-8-12(18)9-20-17/h2,5-6,8-9,13H,3-4,7,10H2,1H3. The van der Waals surface area contributed by atoms with Crippen molar-refractivity contribution in [3.63, 3.8) is 0 Å². The molecule has 1 fully saturated rings. The summed E-state index contributed by atoms with van der Waals surface area (Å²) in [5.74, 6) is -0.835. The lowest BCUT2D eigenvalue weighted by atomic mass is 10.0. The third-order valence-corrected chi connectivity index (χ3v) is 4.27. The number of hydrogen-bond donors (Lipinski definition) is 0. The maximum Gasteiger partial charge on any atom is 0.316 e. The molecular weight excluding hydrogens is 343 g/mol. The molecular formula is C17H17FN4O4. The minimum Gasteiger partial charge on any atom is -0.458 e. The van der Waals surface area contributed by atoms with Crippen LogP contribution in [0.2, 0.25) is 0 Å². The number of carbonyl (C=O) groups is 1. The predicted octanol–water partition coefficient (Wildman–Crippen LogP) is 2.52. The quantitative estimate of drug-likeness (QED) is 0.614. The molecule has 1 aliphatic rings. The second-order valence-electron chi connectivity index (χ2n) is 6.02. The molecule has 9 heteroatoms. The molecule has 0 spiro atoms. The highest BCUT2D eigenvalue weighted by atomic mass is 19.1. The SMILES string of the molecule is Cc1c(C(=O)N2CCCC(Oc3ncc(F)cn3)C2)cccc1[N+](=O)[O-]. The molecule has 8 nitrogen and oxygen atoms in total. The Hall–Kier alpha value is -3.10. The lowest BCUT2D eigenvalue weighted by Crippen LogP contribution is -2.44. The van der Waals surface area contributed by atoms with Crippen LogP contribution in [0.5, 0.6) is 6.01 Å². The number of nitro groups is 1. The summed E-state index contributed by atoms with van der Waals surface area (Å²) in [4.78, 5) is 32.5. The van der Waals surface area contributed by atoms with Gasteiger partial charge >= 0.3 is 6.01 Å². The third kappa shape index (κ3) is 3.76. The van der Waals surface area contributed by atoms with E-state index in [-0.39, 0.29) is 23.7 Å². The maximum absolute atomic E-state index is 12.9. The van der Waals surface area contributed by atoms with E-state index in [2.05, 4.69) is 9.97 Å². The molecule has 1 saturated heterocycles. The van der Waals surface area contributed by atoms with E-state index in [1.165, 1.54) is 12.1 Å². The van der Waals surface area contributed by atoms with Crippen molar-refractivity contribution in [2.45, 2.75) is 25.9 Å². The van der Waals surface area contributed by atoms with E-state index in [1.807, 2.05) is 0 Å². The Morgan fingerprint density at radius 2 is 2.12 bits per heavy atom. The molecule has 1 amide bonds. The van der Waals surface area contributed by atoms with Gasteiger partial charge in [-0.05, 0) is 25.8 Å². The molecule has 1 aromatic carbocycles. The van der Waals surface area contributed by atoms with Crippen LogP contribution in [0.15, 0.2) is 30.6 Å². The van der Waals surface area contributed by atoms with Crippen LogP contribution < -0.4 is 4.74 Å². The van der Waals surface area contributed by atoms with Crippen LogP contribution in [0, 0.1) is 22.9 Å². The first-order valence-corrected chi connectivity index (χ1v) is 8.13. The Kier molecular flexibility index (Phi) is 5.06. The fourth-order valence-corrected chi connectivity index (χ4v) is 2.95. The first-order valence-electron chi connectivity index (χ1n) is 8.13. The van der Waals surface area contributed by atoms with Crippen LogP contribution >= 0.6 is 0 Å². The summed E-state index contributed by atoms with van der Waals surface area (Å²) in [7, 11) is 0. The largest absolute Gasteiger partial charge is 0.458 e. The number of hydrogen-bond acceptors (Lipinski definition) is 6. The molecule has 1 aliphatic heterocycles. The second kappa shape index (κ2) is 7.42. The number of nitro benzene ring substituents is 1. The number of amides is 1. The van der Waals surface area contributed by atoms with Gasteiger partial charge in [-0.3, -0.25) is 14.9 Å². The average Bonchev–Trinajstić information content (AvgIpc) is 2.63. The van der Waals surface area contributed by atoms with Crippen LogP contribution in [-0.2, 0) is 0 Å². The predicted molar refractivity (Wildman–Crippen MR) is 89.4 cm³/mol. The second-order valence-corrected chi connectivity index (χ2v) is 6.02. The van der Waals surface area contributed by atoms with Crippen LogP contribution in [0.1, 0.15) is 28.8 Å². The van der Waals surface area contributed by atoms with Crippen molar-refractivity contribution in [2.24, 2.45) is 0 Å². The molecule has 0 saturated carbocycles. The van der Waals surface area contributed by atoms with Gasteiger partial charge in [0.2, 0.25) is 0 Å². The zero-order chi connectivity index (χ0) is 18.7. The summed E-state index contributed by atoms with van der Waals surface area (Å²) in [5, 5.41) is 11.1. The number of piperidine rings is 1. The van der Waals surface area contributed by atoms with Crippen molar-refractivity contribution >= 4 is 11.6 Å². The number of benzene rings is 1. The Morgan fingerprint density at radius 3 is 2.81 bits per heavy atom.